The van der Waals surface area contributed by atoms with Gasteiger partial charge in [0.2, 0.25) is 5.91 Å². The van der Waals surface area contributed by atoms with E-state index in [-0.39, 0.29) is 5.91 Å². The third-order valence-corrected chi connectivity index (χ3v) is 2.90. The van der Waals surface area contributed by atoms with Gasteiger partial charge in [-0.1, -0.05) is 71.1 Å². The highest BCUT2D eigenvalue weighted by Crippen LogP contribution is 2.07. The zero-order chi connectivity index (χ0) is 14.3. The zero-order valence-electron chi connectivity index (χ0n) is 13.0. The fraction of sp³-hybridized carbons (Fsp3) is 0.706. The first-order valence-corrected chi connectivity index (χ1v) is 7.77. The van der Waals surface area contributed by atoms with Crippen molar-refractivity contribution in [3.8, 4) is 0 Å². The summed E-state index contributed by atoms with van der Waals surface area (Å²) in [4.78, 5) is 11.4. The molecular formula is C17H31NO. The Hall–Kier alpha value is -1.05. The first kappa shape index (κ1) is 17.9. The molecular weight excluding hydrogens is 234 g/mol. The van der Waals surface area contributed by atoms with Crippen LogP contribution in [0.25, 0.3) is 0 Å². The molecule has 2 nitrogen and oxygen atoms in total. The first-order chi connectivity index (χ1) is 9.16. The van der Waals surface area contributed by atoms with Gasteiger partial charge in [0.25, 0.3) is 0 Å². The Labute approximate surface area is 119 Å². The second-order valence-electron chi connectivity index (χ2n) is 5.48. The Morgan fingerprint density at radius 1 is 1.05 bits per heavy atom. The second kappa shape index (κ2) is 13.4. The number of unbranched alkanes of at least 4 members (excludes halogenated alkanes) is 6. The Bertz CT molecular complexity index is 266. The molecule has 0 rings (SSSR count). The lowest BCUT2D eigenvalue weighted by Crippen LogP contribution is -2.25. The van der Waals surface area contributed by atoms with Crippen molar-refractivity contribution >= 4 is 5.91 Å². The molecule has 0 aromatic carbocycles. The predicted octanol–water partition coefficient (Wildman–Crippen LogP) is 4.62. The number of carbonyl (C=O) groups is 1. The average Bonchev–Trinajstić information content (AvgIpc) is 2.38. The summed E-state index contributed by atoms with van der Waals surface area (Å²) >= 11 is 0. The van der Waals surface area contributed by atoms with Crippen LogP contribution in [0.5, 0.6) is 0 Å². The molecule has 0 aliphatic heterocycles. The Balaban J connectivity index is 3.43. The van der Waals surface area contributed by atoms with Gasteiger partial charge in [-0.25, -0.2) is 0 Å². The van der Waals surface area contributed by atoms with Crippen LogP contribution < -0.4 is 5.32 Å². The third-order valence-electron chi connectivity index (χ3n) is 2.90. The average molecular weight is 265 g/mol. The molecule has 0 aromatic rings. The van der Waals surface area contributed by atoms with Crippen molar-refractivity contribution in [2.24, 2.45) is 5.92 Å². The largest absolute Gasteiger partial charge is 0.352 e. The summed E-state index contributed by atoms with van der Waals surface area (Å²) in [5.41, 5.74) is 0. The van der Waals surface area contributed by atoms with E-state index < -0.39 is 0 Å². The summed E-state index contributed by atoms with van der Waals surface area (Å²) in [5.74, 6) is 0.499. The highest BCUT2D eigenvalue weighted by atomic mass is 16.1. The molecule has 0 aliphatic carbocycles. The van der Waals surface area contributed by atoms with Gasteiger partial charge in [-0.05, 0) is 18.8 Å². The van der Waals surface area contributed by atoms with Gasteiger partial charge in [0.15, 0.2) is 0 Å². The Morgan fingerprint density at radius 2 is 1.74 bits per heavy atom. The molecule has 0 aromatic heterocycles. The van der Waals surface area contributed by atoms with Gasteiger partial charge in [0, 0.05) is 12.6 Å². The van der Waals surface area contributed by atoms with E-state index in [9.17, 15) is 4.79 Å². The van der Waals surface area contributed by atoms with Crippen LogP contribution in [-0.4, -0.2) is 12.5 Å². The summed E-state index contributed by atoms with van der Waals surface area (Å²) in [7, 11) is 0. The standard InChI is InChI=1S/C17H31NO/c1-4-5-6-7-8-9-10-11-12-13-14-17(19)18-15-16(2)3/h11-14,16H,4-10,15H2,1-3H3,(H,18,19)/b12-11+,14-13+. The van der Waals surface area contributed by atoms with E-state index in [0.29, 0.717) is 5.92 Å². The molecule has 1 N–H and O–H groups in total. The summed E-state index contributed by atoms with van der Waals surface area (Å²) in [5, 5.41) is 2.85. The predicted molar refractivity (Wildman–Crippen MR) is 84.1 cm³/mol. The highest BCUT2D eigenvalue weighted by molar-refractivity contribution is 5.87. The molecule has 0 atom stereocenters. The van der Waals surface area contributed by atoms with Crippen molar-refractivity contribution in [1.82, 2.24) is 5.32 Å². The zero-order valence-corrected chi connectivity index (χ0v) is 13.0. The van der Waals surface area contributed by atoms with E-state index in [0.717, 1.165) is 13.0 Å². The summed E-state index contributed by atoms with van der Waals surface area (Å²) in [6, 6.07) is 0. The number of hydrogen-bond donors (Lipinski definition) is 1. The molecule has 2 heteroatoms. The van der Waals surface area contributed by atoms with Gasteiger partial charge in [-0.15, -0.1) is 0 Å². The quantitative estimate of drug-likeness (QED) is 0.329. The van der Waals surface area contributed by atoms with Gasteiger partial charge < -0.3 is 5.32 Å². The number of rotatable bonds is 11. The molecule has 0 spiro atoms. The molecule has 0 bridgehead atoms. The van der Waals surface area contributed by atoms with Crippen LogP contribution in [0.1, 0.15) is 65.7 Å². The lowest BCUT2D eigenvalue weighted by molar-refractivity contribution is -0.116. The highest BCUT2D eigenvalue weighted by Gasteiger charge is 1.95. The molecule has 0 unspecified atom stereocenters. The van der Waals surface area contributed by atoms with Crippen molar-refractivity contribution in [1.29, 1.82) is 0 Å². The van der Waals surface area contributed by atoms with E-state index in [1.54, 1.807) is 6.08 Å². The third kappa shape index (κ3) is 14.9. The molecule has 1 amide bonds. The minimum absolute atomic E-state index is 0.00193. The van der Waals surface area contributed by atoms with Gasteiger partial charge in [0.1, 0.15) is 0 Å². The van der Waals surface area contributed by atoms with Crippen LogP contribution in [0, 0.1) is 5.92 Å². The maximum Gasteiger partial charge on any atom is 0.243 e. The second-order valence-corrected chi connectivity index (χ2v) is 5.48. The smallest absolute Gasteiger partial charge is 0.243 e. The van der Waals surface area contributed by atoms with Crippen molar-refractivity contribution in [3.63, 3.8) is 0 Å². The molecule has 0 saturated heterocycles. The number of carbonyl (C=O) groups excluding carboxylic acids is 1. The van der Waals surface area contributed by atoms with Crippen molar-refractivity contribution < 1.29 is 4.79 Å². The Kier molecular flexibility index (Phi) is 12.6. The van der Waals surface area contributed by atoms with Crippen LogP contribution in [0.2, 0.25) is 0 Å². The minimum Gasteiger partial charge on any atom is -0.352 e. The summed E-state index contributed by atoms with van der Waals surface area (Å²) < 4.78 is 0. The van der Waals surface area contributed by atoms with Crippen LogP contribution in [0.4, 0.5) is 0 Å². The molecule has 0 fully saturated rings. The number of nitrogens with one attached hydrogen (secondary N) is 1. The molecule has 19 heavy (non-hydrogen) atoms. The Morgan fingerprint density at radius 3 is 2.42 bits per heavy atom. The maximum absolute atomic E-state index is 11.4. The normalized spacial score (nSPS) is 11.8. The van der Waals surface area contributed by atoms with E-state index in [1.165, 1.54) is 38.5 Å². The van der Waals surface area contributed by atoms with Gasteiger partial charge in [-0.3, -0.25) is 4.79 Å². The molecule has 0 saturated carbocycles. The van der Waals surface area contributed by atoms with Gasteiger partial charge in [0.05, 0.1) is 0 Å². The monoisotopic (exact) mass is 265 g/mol. The fourth-order valence-electron chi connectivity index (χ4n) is 1.72. The lowest BCUT2D eigenvalue weighted by Gasteiger charge is -2.03. The van der Waals surface area contributed by atoms with Crippen molar-refractivity contribution in [2.45, 2.75) is 65.7 Å². The first-order valence-electron chi connectivity index (χ1n) is 7.77. The van der Waals surface area contributed by atoms with Crippen molar-refractivity contribution in [2.75, 3.05) is 6.54 Å². The van der Waals surface area contributed by atoms with Crippen LogP contribution in [0.3, 0.4) is 0 Å². The number of allylic oxidation sites excluding steroid dienone is 3. The minimum atomic E-state index is -0.00193. The summed E-state index contributed by atoms with van der Waals surface area (Å²) in [6.45, 7) is 7.16. The number of hydrogen-bond acceptors (Lipinski definition) is 1. The van der Waals surface area contributed by atoms with Gasteiger partial charge in [-0.2, -0.15) is 0 Å². The van der Waals surface area contributed by atoms with E-state index >= 15 is 0 Å². The molecule has 0 aliphatic rings. The lowest BCUT2D eigenvalue weighted by atomic mass is 10.1. The molecule has 110 valence electrons. The molecule has 0 heterocycles. The molecule has 0 radical (unpaired) electrons. The number of amides is 1. The summed E-state index contributed by atoms with van der Waals surface area (Å²) in [6.07, 6.45) is 16.6. The van der Waals surface area contributed by atoms with Crippen molar-refractivity contribution in [3.05, 3.63) is 24.3 Å². The van der Waals surface area contributed by atoms with E-state index in [2.05, 4.69) is 32.2 Å². The SMILES string of the molecule is CCCCCCCC/C=C/C=C/C(=O)NCC(C)C. The van der Waals surface area contributed by atoms with Crippen LogP contribution >= 0.6 is 0 Å². The fourth-order valence-corrected chi connectivity index (χ4v) is 1.72. The van der Waals surface area contributed by atoms with E-state index in [1.807, 2.05) is 12.2 Å². The topological polar surface area (TPSA) is 29.1 Å². The van der Waals surface area contributed by atoms with Crippen LogP contribution in [0.15, 0.2) is 24.3 Å². The van der Waals surface area contributed by atoms with Gasteiger partial charge >= 0.3 is 0 Å². The van der Waals surface area contributed by atoms with E-state index in [4.69, 9.17) is 0 Å². The maximum atomic E-state index is 11.4. The van der Waals surface area contributed by atoms with Crippen LogP contribution in [-0.2, 0) is 4.79 Å².